The predicted molar refractivity (Wildman–Crippen MR) is 75.0 cm³/mol. The van der Waals surface area contributed by atoms with E-state index in [1.165, 1.54) is 18.2 Å². The van der Waals surface area contributed by atoms with Gasteiger partial charge in [0.25, 0.3) is 0 Å². The van der Waals surface area contributed by atoms with Gasteiger partial charge in [-0.1, -0.05) is 6.07 Å². The van der Waals surface area contributed by atoms with Crippen LogP contribution in [0.25, 0.3) is 5.65 Å². The number of nitrogen functional groups attached to an aromatic ring is 1. The zero-order valence-corrected chi connectivity index (χ0v) is 11.3. The first-order valence-corrected chi connectivity index (χ1v) is 6.36. The number of benzene rings is 1. The van der Waals surface area contributed by atoms with E-state index in [4.69, 9.17) is 10.5 Å². The van der Waals surface area contributed by atoms with Crippen LogP contribution in [0.4, 0.5) is 14.6 Å². The second-order valence-corrected chi connectivity index (χ2v) is 4.64. The maximum absolute atomic E-state index is 13.6. The maximum Gasteiger partial charge on any atom is 0.181 e. The minimum Gasteiger partial charge on any atom is -0.485 e. The van der Waals surface area contributed by atoms with E-state index in [2.05, 4.69) is 4.98 Å². The average molecular weight is 289 g/mol. The number of imidazole rings is 1. The molecule has 0 amide bonds. The van der Waals surface area contributed by atoms with Crippen LogP contribution in [-0.2, 0) is 6.61 Å². The van der Waals surface area contributed by atoms with E-state index < -0.39 is 11.6 Å². The van der Waals surface area contributed by atoms with Gasteiger partial charge in [0.05, 0.1) is 11.3 Å². The molecule has 3 rings (SSSR count). The SMILES string of the molecule is Cc1nc2c(OCc3c(F)cccc3F)cccn2c1N. The topological polar surface area (TPSA) is 52.5 Å². The van der Waals surface area contributed by atoms with Gasteiger partial charge < -0.3 is 10.5 Å². The molecule has 4 nitrogen and oxygen atoms in total. The van der Waals surface area contributed by atoms with Crippen LogP contribution >= 0.6 is 0 Å². The summed E-state index contributed by atoms with van der Waals surface area (Å²) in [5.41, 5.74) is 6.96. The van der Waals surface area contributed by atoms with Crippen LogP contribution in [-0.4, -0.2) is 9.38 Å². The van der Waals surface area contributed by atoms with Crippen LogP contribution in [0.15, 0.2) is 36.5 Å². The first kappa shape index (κ1) is 13.4. The molecule has 2 aromatic heterocycles. The Balaban J connectivity index is 1.94. The largest absolute Gasteiger partial charge is 0.485 e. The van der Waals surface area contributed by atoms with Crippen molar-refractivity contribution in [2.75, 3.05) is 5.73 Å². The highest BCUT2D eigenvalue weighted by Gasteiger charge is 2.13. The summed E-state index contributed by atoms with van der Waals surface area (Å²) in [7, 11) is 0. The molecule has 108 valence electrons. The van der Waals surface area contributed by atoms with E-state index in [9.17, 15) is 8.78 Å². The number of hydrogen-bond acceptors (Lipinski definition) is 3. The van der Waals surface area contributed by atoms with Crippen molar-refractivity contribution in [1.82, 2.24) is 9.38 Å². The molecule has 0 bridgehead atoms. The third-order valence-corrected chi connectivity index (χ3v) is 3.27. The average Bonchev–Trinajstić information content (AvgIpc) is 2.75. The molecule has 3 aromatic rings. The molecule has 0 fully saturated rings. The van der Waals surface area contributed by atoms with Crippen molar-refractivity contribution in [3.05, 3.63) is 59.4 Å². The molecule has 0 atom stereocenters. The molecule has 0 spiro atoms. The van der Waals surface area contributed by atoms with E-state index in [-0.39, 0.29) is 12.2 Å². The Morgan fingerprint density at radius 2 is 1.90 bits per heavy atom. The number of hydrogen-bond donors (Lipinski definition) is 1. The molecular weight excluding hydrogens is 276 g/mol. The second-order valence-electron chi connectivity index (χ2n) is 4.64. The summed E-state index contributed by atoms with van der Waals surface area (Å²) >= 11 is 0. The van der Waals surface area contributed by atoms with E-state index in [1.54, 1.807) is 29.7 Å². The zero-order valence-electron chi connectivity index (χ0n) is 11.3. The molecule has 0 aliphatic heterocycles. The normalized spacial score (nSPS) is 11.0. The van der Waals surface area contributed by atoms with Crippen molar-refractivity contribution < 1.29 is 13.5 Å². The summed E-state index contributed by atoms with van der Waals surface area (Å²) in [6, 6.07) is 7.12. The van der Waals surface area contributed by atoms with Crippen LogP contribution in [0.3, 0.4) is 0 Å². The van der Waals surface area contributed by atoms with Gasteiger partial charge in [-0.2, -0.15) is 0 Å². The third kappa shape index (κ3) is 2.29. The molecule has 0 saturated heterocycles. The van der Waals surface area contributed by atoms with Crippen LogP contribution < -0.4 is 10.5 Å². The van der Waals surface area contributed by atoms with Gasteiger partial charge in [0.15, 0.2) is 11.4 Å². The van der Waals surface area contributed by atoms with Gasteiger partial charge in [0.1, 0.15) is 24.1 Å². The molecule has 2 N–H and O–H groups in total. The molecule has 0 aliphatic rings. The molecule has 21 heavy (non-hydrogen) atoms. The first-order valence-electron chi connectivity index (χ1n) is 6.36. The first-order chi connectivity index (χ1) is 10.1. The summed E-state index contributed by atoms with van der Waals surface area (Å²) < 4.78 is 34.3. The Labute approximate surface area is 119 Å². The fraction of sp³-hybridized carbons (Fsp3) is 0.133. The number of pyridine rings is 1. The van der Waals surface area contributed by atoms with Crippen molar-refractivity contribution in [3.8, 4) is 5.75 Å². The van der Waals surface area contributed by atoms with E-state index in [1.807, 2.05) is 0 Å². The molecule has 0 unspecified atom stereocenters. The minimum absolute atomic E-state index is 0.115. The molecule has 2 heterocycles. The quantitative estimate of drug-likeness (QED) is 0.806. The summed E-state index contributed by atoms with van der Waals surface area (Å²) in [6.45, 7) is 1.56. The van der Waals surface area contributed by atoms with Crippen LogP contribution in [0.5, 0.6) is 5.75 Å². The molecule has 6 heteroatoms. The molecule has 0 aliphatic carbocycles. The van der Waals surface area contributed by atoms with Crippen LogP contribution in [0.2, 0.25) is 0 Å². The second kappa shape index (κ2) is 5.05. The number of ether oxygens (including phenoxy) is 1. The Morgan fingerprint density at radius 1 is 1.19 bits per heavy atom. The number of halogens is 2. The zero-order chi connectivity index (χ0) is 15.0. The Hall–Kier alpha value is -2.63. The third-order valence-electron chi connectivity index (χ3n) is 3.27. The minimum atomic E-state index is -0.638. The standard InChI is InChI=1S/C15H13F2N3O/c1-9-14(18)20-7-3-6-13(15(20)19-9)21-8-10-11(16)4-2-5-12(10)17/h2-7H,8,18H2,1H3. The van der Waals surface area contributed by atoms with Gasteiger partial charge in [-0.05, 0) is 31.2 Å². The highest BCUT2D eigenvalue weighted by atomic mass is 19.1. The summed E-state index contributed by atoms with van der Waals surface area (Å²) in [6.07, 6.45) is 1.75. The number of aryl methyl sites for hydroxylation is 1. The van der Waals surface area contributed by atoms with Crippen LogP contribution in [0.1, 0.15) is 11.3 Å². The highest BCUT2D eigenvalue weighted by molar-refractivity contribution is 5.60. The van der Waals surface area contributed by atoms with Crippen LogP contribution in [0, 0.1) is 18.6 Å². The van der Waals surface area contributed by atoms with Crippen molar-refractivity contribution >= 4 is 11.5 Å². The number of nitrogens with zero attached hydrogens (tertiary/aromatic N) is 2. The Morgan fingerprint density at radius 3 is 2.62 bits per heavy atom. The number of aromatic nitrogens is 2. The lowest BCUT2D eigenvalue weighted by Crippen LogP contribution is -2.03. The van der Waals surface area contributed by atoms with Gasteiger partial charge in [-0.25, -0.2) is 13.8 Å². The molecule has 1 aromatic carbocycles. The lowest BCUT2D eigenvalue weighted by atomic mass is 10.2. The smallest absolute Gasteiger partial charge is 0.181 e. The summed E-state index contributed by atoms with van der Waals surface area (Å²) in [5.74, 6) is -0.352. The molecular formula is C15H13F2N3O. The fourth-order valence-electron chi connectivity index (χ4n) is 2.11. The maximum atomic E-state index is 13.6. The number of anilines is 1. The molecule has 0 saturated carbocycles. The van der Waals surface area contributed by atoms with Gasteiger partial charge in [0, 0.05) is 6.20 Å². The predicted octanol–water partition coefficient (Wildman–Crippen LogP) is 3.08. The van der Waals surface area contributed by atoms with E-state index in [0.29, 0.717) is 22.9 Å². The Kier molecular flexibility index (Phi) is 3.21. The van der Waals surface area contributed by atoms with Gasteiger partial charge in [-0.3, -0.25) is 4.40 Å². The van der Waals surface area contributed by atoms with Crippen molar-refractivity contribution in [1.29, 1.82) is 0 Å². The highest BCUT2D eigenvalue weighted by Crippen LogP contribution is 2.24. The Bertz CT molecular complexity index is 794. The summed E-state index contributed by atoms with van der Waals surface area (Å²) in [4.78, 5) is 4.30. The number of rotatable bonds is 3. The van der Waals surface area contributed by atoms with E-state index in [0.717, 1.165) is 0 Å². The number of fused-ring (bicyclic) bond motifs is 1. The lowest BCUT2D eigenvalue weighted by Gasteiger charge is -2.09. The van der Waals surface area contributed by atoms with Crippen molar-refractivity contribution in [2.24, 2.45) is 0 Å². The van der Waals surface area contributed by atoms with Gasteiger partial charge >= 0.3 is 0 Å². The monoisotopic (exact) mass is 289 g/mol. The fourth-order valence-corrected chi connectivity index (χ4v) is 2.11. The molecule has 0 radical (unpaired) electrons. The number of nitrogens with two attached hydrogens (primary N) is 1. The van der Waals surface area contributed by atoms with Crippen molar-refractivity contribution in [2.45, 2.75) is 13.5 Å². The van der Waals surface area contributed by atoms with E-state index >= 15 is 0 Å². The van der Waals surface area contributed by atoms with Gasteiger partial charge in [0.2, 0.25) is 0 Å². The summed E-state index contributed by atoms with van der Waals surface area (Å²) in [5, 5.41) is 0. The van der Waals surface area contributed by atoms with Gasteiger partial charge in [-0.15, -0.1) is 0 Å². The lowest BCUT2D eigenvalue weighted by molar-refractivity contribution is 0.294. The van der Waals surface area contributed by atoms with Crippen molar-refractivity contribution in [3.63, 3.8) is 0 Å².